The molecule has 1 aliphatic heterocycles. The topological polar surface area (TPSA) is 260 Å². The van der Waals surface area contributed by atoms with E-state index in [9.17, 15) is 33.7 Å². The third-order valence-electron chi connectivity index (χ3n) is 4.38. The van der Waals surface area contributed by atoms with Gasteiger partial charge in [-0.2, -0.15) is 4.31 Å². The number of fused-ring (bicyclic) bond motifs is 3. The Kier molecular flexibility index (Phi) is 6.35. The monoisotopic (exact) mass is 530 g/mol. The molecule has 33 heavy (non-hydrogen) atoms. The number of hydrogen-bond donors (Lipinski definition) is 5. The number of imidazole rings is 2. The van der Waals surface area contributed by atoms with Gasteiger partial charge in [0.15, 0.2) is 23.0 Å². The van der Waals surface area contributed by atoms with Crippen LogP contribution >= 0.6 is 23.5 Å². The minimum absolute atomic E-state index is 0.243. The van der Waals surface area contributed by atoms with Gasteiger partial charge >= 0.3 is 15.6 Å². The summed E-state index contributed by atoms with van der Waals surface area (Å²) in [5.74, 6) is 0. The average molecular weight is 530 g/mol. The Morgan fingerprint density at radius 2 is 1.73 bits per heavy atom. The summed E-state index contributed by atoms with van der Waals surface area (Å²) >= 11 is 0. The first-order chi connectivity index (χ1) is 15.3. The fraction of sp³-hybridized carbons (Fsp3) is 0.417. The van der Waals surface area contributed by atoms with Crippen LogP contribution in [0.1, 0.15) is 6.23 Å². The first-order valence-electron chi connectivity index (χ1n) is 8.69. The molecule has 0 radical (unpaired) electrons. The van der Waals surface area contributed by atoms with Crippen molar-refractivity contribution in [3.63, 3.8) is 0 Å². The summed E-state index contributed by atoms with van der Waals surface area (Å²) in [5.41, 5.74) is 1.07. The van der Waals surface area contributed by atoms with Crippen molar-refractivity contribution in [1.82, 2.24) is 23.9 Å². The lowest BCUT2D eigenvalue weighted by molar-refractivity contribution is -0.212. The number of rotatable bonds is 8. The Balaban J connectivity index is 1.47. The summed E-state index contributed by atoms with van der Waals surface area (Å²) in [6, 6.07) is 0. The highest BCUT2D eigenvalue weighted by atomic mass is 31.3. The lowest BCUT2D eigenvalue weighted by atomic mass is 10.1. The number of aliphatic hydroxyl groups is 2. The number of aliphatic hydroxyl groups excluding tert-OH is 2. The first-order valence-corrected chi connectivity index (χ1v) is 13.2. The van der Waals surface area contributed by atoms with Gasteiger partial charge in [-0.25, -0.2) is 28.4 Å². The maximum absolute atomic E-state index is 11.8. The maximum Gasteiger partial charge on any atom is 0.487 e. The summed E-state index contributed by atoms with van der Waals surface area (Å²) in [7, 11) is -17.0. The van der Waals surface area contributed by atoms with Gasteiger partial charge in [-0.15, -0.1) is 0 Å². The molecule has 4 heterocycles. The third kappa shape index (κ3) is 5.23. The molecule has 7 atom stereocenters. The van der Waals surface area contributed by atoms with Crippen LogP contribution in [0.25, 0.3) is 16.8 Å². The molecule has 21 heteroatoms. The van der Waals surface area contributed by atoms with Crippen LogP contribution in [0.2, 0.25) is 0 Å². The van der Waals surface area contributed by atoms with Crippen molar-refractivity contribution in [2.24, 2.45) is 0 Å². The van der Waals surface area contributed by atoms with Gasteiger partial charge in [0.25, 0.3) is 7.82 Å². The number of phosphoric acid groups is 3. The highest BCUT2D eigenvalue weighted by molar-refractivity contribution is 7.66. The minimum atomic E-state index is -5.79. The van der Waals surface area contributed by atoms with E-state index in [0.717, 1.165) is 0 Å². The predicted molar refractivity (Wildman–Crippen MR) is 99.8 cm³/mol. The second-order valence-corrected chi connectivity index (χ2v) is 11.0. The molecule has 3 aromatic heterocycles. The second kappa shape index (κ2) is 8.55. The highest BCUT2D eigenvalue weighted by Gasteiger charge is 2.46. The van der Waals surface area contributed by atoms with Crippen LogP contribution < -0.4 is 4.89 Å². The predicted octanol–water partition coefficient (Wildman–Crippen LogP) is -1.59. The van der Waals surface area contributed by atoms with E-state index in [1.807, 2.05) is 0 Å². The van der Waals surface area contributed by atoms with E-state index >= 15 is 0 Å². The molecule has 0 bridgehead atoms. The van der Waals surface area contributed by atoms with Crippen molar-refractivity contribution in [1.29, 1.82) is 0 Å². The van der Waals surface area contributed by atoms with E-state index in [4.69, 9.17) is 14.5 Å². The summed E-state index contributed by atoms with van der Waals surface area (Å²) in [6.45, 7) is -0.957. The second-order valence-electron chi connectivity index (χ2n) is 6.64. The number of ether oxygens (including phenoxy) is 1. The average Bonchev–Trinajstić information content (AvgIpc) is 3.35. The molecular weight excluding hydrogens is 515 g/mol. The summed E-state index contributed by atoms with van der Waals surface area (Å²) in [4.78, 5) is 50.1. The summed E-state index contributed by atoms with van der Waals surface area (Å²) in [5, 5.41) is 20.6. The van der Waals surface area contributed by atoms with Gasteiger partial charge in [0.2, 0.25) is 0 Å². The molecule has 1 fully saturated rings. The van der Waals surface area contributed by atoms with Gasteiger partial charge in [0.1, 0.15) is 24.6 Å². The zero-order valence-electron chi connectivity index (χ0n) is 15.9. The van der Waals surface area contributed by atoms with Crippen LogP contribution in [-0.2, 0) is 31.6 Å². The molecule has 0 aromatic carbocycles. The first kappa shape index (κ1) is 24.5. The minimum Gasteiger partial charge on any atom is -0.756 e. The molecule has 3 unspecified atom stereocenters. The molecule has 1 aliphatic rings. The Hall–Kier alpha value is -1.62. The molecule has 5 N–H and O–H groups in total. The van der Waals surface area contributed by atoms with Crippen LogP contribution in [-0.4, -0.2) is 73.7 Å². The van der Waals surface area contributed by atoms with Crippen LogP contribution in [0.5, 0.6) is 0 Å². The zero-order chi connectivity index (χ0) is 24.2. The zero-order valence-corrected chi connectivity index (χ0v) is 18.6. The Morgan fingerprint density at radius 1 is 1.00 bits per heavy atom. The largest absolute Gasteiger partial charge is 0.756 e. The van der Waals surface area contributed by atoms with Crippen molar-refractivity contribution in [3.8, 4) is 0 Å². The van der Waals surface area contributed by atoms with Gasteiger partial charge in [0, 0.05) is 12.4 Å². The van der Waals surface area contributed by atoms with Gasteiger partial charge in [-0.3, -0.25) is 18.1 Å². The normalized spacial score (nSPS) is 29.2. The van der Waals surface area contributed by atoms with Crippen molar-refractivity contribution in [2.75, 3.05) is 6.61 Å². The van der Waals surface area contributed by atoms with E-state index in [2.05, 4.69) is 28.1 Å². The molecule has 0 amide bonds. The van der Waals surface area contributed by atoms with Gasteiger partial charge in [0.05, 0.1) is 12.9 Å². The number of phosphoric ester groups is 1. The van der Waals surface area contributed by atoms with Crippen LogP contribution in [0.15, 0.2) is 25.0 Å². The van der Waals surface area contributed by atoms with Crippen LogP contribution in [0.4, 0.5) is 0 Å². The standard InChI is InChI=1S/C12H16N5O13P3/c18-8-6(3-27-32(23,24)30-33(25,26)29-31(20,21)22)28-12(9(8)19)17-5-14-7-10-13-1-2-16(10)4-15-11(7)17/h1-2,4-6,8-9,12,18-19H,3H2,(H,23,24)(H,25,26)(H2,20,21,22)/p-1/t6-,8-,9-,12-/m1/s1. The maximum atomic E-state index is 11.8. The molecule has 0 spiro atoms. The number of aromatic nitrogens is 5. The SMILES string of the molecule is O=P([O-])(O)OP(=O)(O)OP(=O)(O)OC[C@H]1O[C@@H](n2cnc3c2ncn2ccnc32)[C@H](O)[C@@H]1O. The molecule has 0 saturated carbocycles. The lowest BCUT2D eigenvalue weighted by Gasteiger charge is -2.21. The van der Waals surface area contributed by atoms with Crippen molar-refractivity contribution in [2.45, 2.75) is 24.5 Å². The Bertz CT molecular complexity index is 1320. The van der Waals surface area contributed by atoms with Gasteiger partial charge in [-0.05, 0) is 0 Å². The van der Waals surface area contributed by atoms with Crippen molar-refractivity contribution >= 4 is 40.3 Å². The van der Waals surface area contributed by atoms with E-state index < -0.39 is 54.6 Å². The highest BCUT2D eigenvalue weighted by Crippen LogP contribution is 2.65. The van der Waals surface area contributed by atoms with Crippen molar-refractivity contribution in [3.05, 3.63) is 25.0 Å². The molecule has 3 aromatic rings. The molecule has 0 aliphatic carbocycles. The smallest absolute Gasteiger partial charge is 0.487 e. The molecule has 18 nitrogen and oxygen atoms in total. The van der Waals surface area contributed by atoms with Crippen LogP contribution in [0, 0.1) is 0 Å². The fourth-order valence-electron chi connectivity index (χ4n) is 3.10. The van der Waals surface area contributed by atoms with E-state index in [-0.39, 0.29) is 5.65 Å². The van der Waals surface area contributed by atoms with E-state index in [0.29, 0.717) is 11.2 Å². The number of nitrogens with zero attached hydrogens (tertiary/aromatic N) is 5. The van der Waals surface area contributed by atoms with E-state index in [1.165, 1.54) is 23.4 Å². The Morgan fingerprint density at radius 3 is 2.42 bits per heavy atom. The van der Waals surface area contributed by atoms with E-state index in [1.54, 1.807) is 10.6 Å². The molecular formula is C12H15N5O13P3-. The van der Waals surface area contributed by atoms with Crippen LogP contribution in [0.3, 0.4) is 0 Å². The molecule has 182 valence electrons. The molecule has 1 saturated heterocycles. The quantitative estimate of drug-likeness (QED) is 0.206. The van der Waals surface area contributed by atoms with Gasteiger partial charge in [-0.1, -0.05) is 0 Å². The Labute approximate surface area is 182 Å². The molecule has 4 rings (SSSR count). The number of hydrogen-bond acceptors (Lipinski definition) is 13. The lowest BCUT2D eigenvalue weighted by Crippen LogP contribution is -2.33. The fourth-order valence-corrected chi connectivity index (χ4v) is 6.09. The summed E-state index contributed by atoms with van der Waals surface area (Å²) < 4.78 is 53.6. The summed E-state index contributed by atoms with van der Waals surface area (Å²) in [6.07, 6.45) is -0.107. The third-order valence-corrected chi connectivity index (χ3v) is 8.16. The van der Waals surface area contributed by atoms with Crippen molar-refractivity contribution < 1.29 is 61.4 Å². The van der Waals surface area contributed by atoms with Gasteiger partial charge < -0.3 is 34.5 Å².